The van der Waals surface area contributed by atoms with Crippen molar-refractivity contribution in [2.45, 2.75) is 52.0 Å². The summed E-state index contributed by atoms with van der Waals surface area (Å²) in [7, 11) is 0. The maximum Gasteiger partial charge on any atom is 0.254 e. The second kappa shape index (κ2) is 10.1. The minimum atomic E-state index is -0.129. The van der Waals surface area contributed by atoms with Gasteiger partial charge >= 0.3 is 0 Å². The molecule has 0 heterocycles. The average molecular weight is 404 g/mol. The standard InChI is InChI=1S/C25H29N3O2/c1-3-28(18(2)20-14-12-19(17-26)13-15-20)25(30)22-10-7-11-23(16-22)27-24(29)21-8-5-4-6-9-21/h7,10-16,18,21H,3-6,8-9H2,1-2H3,(H,27,29). The van der Waals surface area contributed by atoms with Crippen LogP contribution in [0, 0.1) is 17.2 Å². The van der Waals surface area contributed by atoms with E-state index < -0.39 is 0 Å². The molecule has 1 aliphatic carbocycles. The summed E-state index contributed by atoms with van der Waals surface area (Å²) in [6, 6.07) is 16.5. The maximum absolute atomic E-state index is 13.2. The van der Waals surface area contributed by atoms with Crippen molar-refractivity contribution in [1.29, 1.82) is 5.26 Å². The molecule has 1 aliphatic rings. The van der Waals surface area contributed by atoms with E-state index in [0.29, 0.717) is 23.4 Å². The summed E-state index contributed by atoms with van der Waals surface area (Å²) in [5, 5.41) is 12.0. The van der Waals surface area contributed by atoms with Crippen molar-refractivity contribution < 1.29 is 9.59 Å². The van der Waals surface area contributed by atoms with Crippen molar-refractivity contribution >= 4 is 17.5 Å². The summed E-state index contributed by atoms with van der Waals surface area (Å²) in [5.74, 6) is 0.0439. The number of carbonyl (C=O) groups is 2. The van der Waals surface area contributed by atoms with Gasteiger partial charge < -0.3 is 10.2 Å². The molecule has 5 nitrogen and oxygen atoms in total. The summed E-state index contributed by atoms with van der Waals surface area (Å²) in [6.45, 7) is 4.49. The second-order valence-corrected chi connectivity index (χ2v) is 7.91. The van der Waals surface area contributed by atoms with Crippen LogP contribution in [-0.2, 0) is 4.79 Å². The van der Waals surface area contributed by atoms with E-state index in [1.54, 1.807) is 29.2 Å². The Balaban J connectivity index is 1.73. The SMILES string of the molecule is CCN(C(=O)c1cccc(NC(=O)C2CCCCC2)c1)C(C)c1ccc(C#N)cc1. The second-order valence-electron chi connectivity index (χ2n) is 7.91. The van der Waals surface area contributed by atoms with Crippen LogP contribution in [0.15, 0.2) is 48.5 Å². The quantitative estimate of drug-likeness (QED) is 0.711. The van der Waals surface area contributed by atoms with E-state index in [0.717, 1.165) is 31.2 Å². The van der Waals surface area contributed by atoms with Gasteiger partial charge in [0.25, 0.3) is 5.91 Å². The van der Waals surface area contributed by atoms with E-state index in [1.165, 1.54) is 6.42 Å². The highest BCUT2D eigenvalue weighted by Crippen LogP contribution is 2.26. The Kier molecular flexibility index (Phi) is 7.24. The number of rotatable bonds is 6. The fourth-order valence-electron chi connectivity index (χ4n) is 4.11. The van der Waals surface area contributed by atoms with Crippen molar-refractivity contribution in [1.82, 2.24) is 4.90 Å². The molecule has 1 N–H and O–H groups in total. The third-order valence-electron chi connectivity index (χ3n) is 5.94. The first-order valence-electron chi connectivity index (χ1n) is 10.8. The zero-order valence-corrected chi connectivity index (χ0v) is 17.7. The summed E-state index contributed by atoms with van der Waals surface area (Å²) in [6.07, 6.45) is 5.30. The summed E-state index contributed by atoms with van der Waals surface area (Å²) >= 11 is 0. The van der Waals surface area contributed by atoms with Gasteiger partial charge in [-0.05, 0) is 62.6 Å². The van der Waals surface area contributed by atoms with Crippen LogP contribution in [0.2, 0.25) is 0 Å². The monoisotopic (exact) mass is 403 g/mol. The Morgan fingerprint density at radius 2 is 1.83 bits per heavy atom. The minimum Gasteiger partial charge on any atom is -0.332 e. The molecule has 5 heteroatoms. The number of carbonyl (C=O) groups excluding carboxylic acids is 2. The van der Waals surface area contributed by atoms with Crippen LogP contribution in [0.4, 0.5) is 5.69 Å². The third kappa shape index (κ3) is 5.07. The van der Waals surface area contributed by atoms with E-state index in [9.17, 15) is 9.59 Å². The van der Waals surface area contributed by atoms with Crippen LogP contribution in [-0.4, -0.2) is 23.3 Å². The molecule has 1 atom stereocenters. The topological polar surface area (TPSA) is 73.2 Å². The van der Waals surface area contributed by atoms with Gasteiger partial charge in [-0.25, -0.2) is 0 Å². The van der Waals surface area contributed by atoms with Crippen molar-refractivity contribution in [3.05, 3.63) is 65.2 Å². The summed E-state index contributed by atoms with van der Waals surface area (Å²) in [4.78, 5) is 27.6. The number of benzene rings is 2. The molecule has 3 rings (SSSR count). The lowest BCUT2D eigenvalue weighted by atomic mass is 9.88. The Labute approximate surface area is 178 Å². The lowest BCUT2D eigenvalue weighted by Gasteiger charge is -2.29. The van der Waals surface area contributed by atoms with Crippen LogP contribution in [0.25, 0.3) is 0 Å². The molecule has 1 saturated carbocycles. The number of hydrogen-bond acceptors (Lipinski definition) is 3. The molecule has 2 aromatic rings. The van der Waals surface area contributed by atoms with Gasteiger partial charge in [0.05, 0.1) is 17.7 Å². The van der Waals surface area contributed by atoms with E-state index >= 15 is 0 Å². The van der Waals surface area contributed by atoms with E-state index in [1.807, 2.05) is 38.1 Å². The van der Waals surface area contributed by atoms with Crippen molar-refractivity contribution in [2.24, 2.45) is 5.92 Å². The van der Waals surface area contributed by atoms with Crippen LogP contribution in [0.3, 0.4) is 0 Å². The molecule has 30 heavy (non-hydrogen) atoms. The Bertz CT molecular complexity index is 924. The maximum atomic E-state index is 13.2. The zero-order chi connectivity index (χ0) is 21.5. The molecule has 2 aromatic carbocycles. The summed E-state index contributed by atoms with van der Waals surface area (Å²) < 4.78 is 0. The molecule has 0 saturated heterocycles. The fourth-order valence-corrected chi connectivity index (χ4v) is 4.11. The molecule has 0 bridgehead atoms. The number of nitrogens with one attached hydrogen (secondary N) is 1. The lowest BCUT2D eigenvalue weighted by molar-refractivity contribution is -0.120. The third-order valence-corrected chi connectivity index (χ3v) is 5.94. The fraction of sp³-hybridized carbons (Fsp3) is 0.400. The van der Waals surface area contributed by atoms with Gasteiger partial charge in [0, 0.05) is 23.7 Å². The van der Waals surface area contributed by atoms with Crippen LogP contribution < -0.4 is 5.32 Å². The normalized spacial score (nSPS) is 15.1. The first-order valence-corrected chi connectivity index (χ1v) is 10.8. The van der Waals surface area contributed by atoms with Gasteiger partial charge in [-0.2, -0.15) is 5.26 Å². The molecular weight excluding hydrogens is 374 g/mol. The van der Waals surface area contributed by atoms with Gasteiger partial charge in [-0.3, -0.25) is 9.59 Å². The molecule has 0 spiro atoms. The highest BCUT2D eigenvalue weighted by molar-refractivity contribution is 5.97. The average Bonchev–Trinajstić information content (AvgIpc) is 2.80. The predicted molar refractivity (Wildman–Crippen MR) is 118 cm³/mol. The van der Waals surface area contributed by atoms with Crippen LogP contribution in [0.5, 0.6) is 0 Å². The minimum absolute atomic E-state index is 0.0533. The van der Waals surface area contributed by atoms with Gasteiger partial charge in [-0.15, -0.1) is 0 Å². The molecule has 1 fully saturated rings. The number of nitriles is 1. The number of nitrogens with zero attached hydrogens (tertiary/aromatic N) is 2. The van der Waals surface area contributed by atoms with Gasteiger partial charge in [0.15, 0.2) is 0 Å². The van der Waals surface area contributed by atoms with E-state index in [4.69, 9.17) is 5.26 Å². The van der Waals surface area contributed by atoms with E-state index in [-0.39, 0.29) is 23.8 Å². The molecule has 0 radical (unpaired) electrons. The highest BCUT2D eigenvalue weighted by atomic mass is 16.2. The number of anilines is 1. The molecule has 0 aliphatic heterocycles. The first kappa shape index (κ1) is 21.6. The summed E-state index contributed by atoms with van der Waals surface area (Å²) in [5.41, 5.74) is 2.80. The lowest BCUT2D eigenvalue weighted by Crippen LogP contribution is -2.33. The van der Waals surface area contributed by atoms with Crippen molar-refractivity contribution in [2.75, 3.05) is 11.9 Å². The van der Waals surface area contributed by atoms with E-state index in [2.05, 4.69) is 11.4 Å². The van der Waals surface area contributed by atoms with Gasteiger partial charge in [0.2, 0.25) is 5.91 Å². The van der Waals surface area contributed by atoms with Crippen LogP contribution >= 0.6 is 0 Å². The van der Waals surface area contributed by atoms with Gasteiger partial charge in [-0.1, -0.05) is 37.5 Å². The zero-order valence-electron chi connectivity index (χ0n) is 17.7. The molecule has 0 aromatic heterocycles. The van der Waals surface area contributed by atoms with Crippen LogP contribution in [0.1, 0.15) is 73.5 Å². The first-order chi connectivity index (χ1) is 14.5. The smallest absolute Gasteiger partial charge is 0.254 e. The number of amides is 2. The highest BCUT2D eigenvalue weighted by Gasteiger charge is 2.23. The van der Waals surface area contributed by atoms with Crippen molar-refractivity contribution in [3.8, 4) is 6.07 Å². The Hall–Kier alpha value is -3.13. The molecular formula is C25H29N3O2. The predicted octanol–water partition coefficient (Wildman–Crippen LogP) is 5.30. The molecule has 156 valence electrons. The largest absolute Gasteiger partial charge is 0.332 e. The Morgan fingerprint density at radius 1 is 1.13 bits per heavy atom. The van der Waals surface area contributed by atoms with Gasteiger partial charge in [0.1, 0.15) is 0 Å². The molecule has 2 amide bonds. The number of hydrogen-bond donors (Lipinski definition) is 1. The molecule has 1 unspecified atom stereocenters. The van der Waals surface area contributed by atoms with Crippen molar-refractivity contribution in [3.63, 3.8) is 0 Å². The Morgan fingerprint density at radius 3 is 2.47 bits per heavy atom.